The molecule has 0 N–H and O–H groups in total. The summed E-state index contributed by atoms with van der Waals surface area (Å²) in [6, 6.07) is 35.3. The Morgan fingerprint density at radius 3 is 2.10 bits per heavy atom. The van der Waals surface area contributed by atoms with Gasteiger partial charge in [0, 0.05) is 44.3 Å². The molecule has 10 aromatic rings. The molecular formula is C52H38N4OPt-2. The largest absolute Gasteiger partial charge is 0.510 e. The fourth-order valence-corrected chi connectivity index (χ4v) is 7.46. The molecule has 0 unspecified atom stereocenters. The van der Waals surface area contributed by atoms with Crippen LogP contribution in [0.5, 0.6) is 11.5 Å². The van der Waals surface area contributed by atoms with Crippen molar-refractivity contribution in [1.82, 2.24) is 14.1 Å². The van der Waals surface area contributed by atoms with E-state index in [2.05, 4.69) is 55.1 Å². The first-order chi connectivity index (χ1) is 32.2. The van der Waals surface area contributed by atoms with Gasteiger partial charge >= 0.3 is 0 Å². The van der Waals surface area contributed by atoms with Crippen molar-refractivity contribution in [1.29, 1.82) is 0 Å². The molecule has 0 atom stereocenters. The Bertz CT molecular complexity index is 3520. The van der Waals surface area contributed by atoms with Crippen molar-refractivity contribution in [2.75, 3.05) is 0 Å². The Kier molecular flexibility index (Phi) is 7.38. The summed E-state index contributed by atoms with van der Waals surface area (Å²) in [6.07, 6.45) is 6.15. The van der Waals surface area contributed by atoms with Crippen LogP contribution in [0, 0.1) is 24.4 Å². The van der Waals surface area contributed by atoms with Crippen molar-refractivity contribution in [3.05, 3.63) is 200 Å². The quantitative estimate of drug-likeness (QED) is 0.107. The molecule has 284 valence electrons. The summed E-state index contributed by atoms with van der Waals surface area (Å²) in [5.41, 5.74) is 4.81. The van der Waals surface area contributed by atoms with Crippen LogP contribution in [0.25, 0.3) is 72.3 Å². The number of fused-ring (bicyclic) bond motifs is 4. The molecule has 0 saturated carbocycles. The van der Waals surface area contributed by atoms with Crippen LogP contribution in [0.3, 0.4) is 0 Å². The van der Waals surface area contributed by atoms with Crippen molar-refractivity contribution in [3.8, 4) is 50.9 Å². The van der Waals surface area contributed by atoms with E-state index in [1.807, 2.05) is 66.9 Å². The van der Waals surface area contributed by atoms with Gasteiger partial charge in [0.25, 0.3) is 6.33 Å². The first kappa shape index (κ1) is 27.1. The Balaban J connectivity index is 0.00000578. The number of hydrogen-bond donors (Lipinski definition) is 0. The van der Waals surface area contributed by atoms with Crippen molar-refractivity contribution in [2.45, 2.75) is 20.3 Å². The van der Waals surface area contributed by atoms with E-state index in [-0.39, 0.29) is 49.0 Å². The number of imidazole rings is 1. The summed E-state index contributed by atoms with van der Waals surface area (Å²) in [5.74, 6) is 2.05. The number of para-hydroxylation sites is 4. The van der Waals surface area contributed by atoms with Gasteiger partial charge in [0.15, 0.2) is 0 Å². The number of pyridine rings is 1. The van der Waals surface area contributed by atoms with Crippen molar-refractivity contribution >= 4 is 32.8 Å². The fraction of sp³-hybridized carbons (Fsp3) is 0.0769. The molecule has 0 aliphatic rings. The van der Waals surface area contributed by atoms with Gasteiger partial charge in [-0.25, -0.2) is 4.98 Å². The first-order valence-electron chi connectivity index (χ1n) is 23.6. The molecule has 58 heavy (non-hydrogen) atoms. The van der Waals surface area contributed by atoms with Gasteiger partial charge in [-0.3, -0.25) is 4.57 Å². The van der Waals surface area contributed by atoms with E-state index in [1.165, 1.54) is 5.56 Å². The molecule has 0 bridgehead atoms. The molecule has 0 aliphatic carbocycles. The van der Waals surface area contributed by atoms with E-state index in [0.717, 1.165) is 34.0 Å². The molecule has 0 aliphatic heterocycles. The minimum absolute atomic E-state index is 0. The zero-order valence-corrected chi connectivity index (χ0v) is 33.5. The molecule has 0 radical (unpaired) electrons. The summed E-state index contributed by atoms with van der Waals surface area (Å²) < 4.78 is 98.7. The summed E-state index contributed by atoms with van der Waals surface area (Å²) in [5, 5.41) is 2.04. The average molecular weight is 940 g/mol. The maximum absolute atomic E-state index is 8.98. The van der Waals surface area contributed by atoms with Crippen LogP contribution < -0.4 is 9.30 Å². The molecular weight excluding hydrogens is 892 g/mol. The zero-order valence-electron chi connectivity index (χ0n) is 41.3. The zero-order chi connectivity index (χ0) is 47.0. The van der Waals surface area contributed by atoms with Crippen LogP contribution in [-0.2, 0) is 27.5 Å². The van der Waals surface area contributed by atoms with Gasteiger partial charge in [-0.2, -0.15) is 18.2 Å². The van der Waals surface area contributed by atoms with Gasteiger partial charge in [0.2, 0.25) is 0 Å². The summed E-state index contributed by atoms with van der Waals surface area (Å²) >= 11 is 0. The molecule has 5 nitrogen and oxygen atoms in total. The smallest absolute Gasteiger partial charge is 0.268 e. The topological polar surface area (TPSA) is 35.9 Å². The van der Waals surface area contributed by atoms with Gasteiger partial charge < -0.3 is 13.9 Å². The minimum atomic E-state index is -0.570. The second-order valence-electron chi connectivity index (χ2n) is 14.0. The van der Waals surface area contributed by atoms with Crippen LogP contribution in [0.2, 0.25) is 0 Å². The van der Waals surface area contributed by atoms with Gasteiger partial charge in [-0.1, -0.05) is 140 Å². The number of aromatic nitrogens is 4. The van der Waals surface area contributed by atoms with Crippen molar-refractivity contribution in [3.63, 3.8) is 0 Å². The standard InChI is InChI=1S/C52H38N4O.Pt/c1-36(2)31-37-29-30-53-51(32-37)56-47-24-10-9-21-45(47)46-28-27-42(34-50(46)56)57-41-20-13-19-40(33-41)54-35-55(49-26-12-11-25-48(49)54)52-43(38-15-5-3-6-16-38)22-14-23-44(52)39-17-7-4-8-18-39;/h3-30,32,36H,31H2,1-2H3;/q-2;/i3D,4D,5D,6D,7D,8D,15D,16D,17D,18D;. The summed E-state index contributed by atoms with van der Waals surface area (Å²) in [4.78, 5) is 4.78. The van der Waals surface area contributed by atoms with E-state index < -0.39 is 60.4 Å². The van der Waals surface area contributed by atoms with E-state index in [1.54, 1.807) is 39.5 Å². The van der Waals surface area contributed by atoms with Gasteiger partial charge in [-0.05, 0) is 69.4 Å². The number of nitrogens with zero attached hydrogens (tertiary/aromatic N) is 4. The normalized spacial score (nSPS) is 13.8. The minimum Gasteiger partial charge on any atom is -0.510 e. The Morgan fingerprint density at radius 1 is 0.690 bits per heavy atom. The number of ether oxygens (including phenoxy) is 1. The van der Waals surface area contributed by atoms with Gasteiger partial charge in [0.1, 0.15) is 5.82 Å². The van der Waals surface area contributed by atoms with E-state index >= 15 is 0 Å². The molecule has 3 heterocycles. The van der Waals surface area contributed by atoms with Crippen LogP contribution in [0.4, 0.5) is 0 Å². The first-order valence-corrected chi connectivity index (χ1v) is 18.6. The third kappa shape index (κ3) is 6.82. The van der Waals surface area contributed by atoms with E-state index in [0.29, 0.717) is 34.1 Å². The summed E-state index contributed by atoms with van der Waals surface area (Å²) in [7, 11) is 0. The Hall–Kier alpha value is -6.55. The maximum Gasteiger partial charge on any atom is 0.268 e. The predicted molar refractivity (Wildman–Crippen MR) is 229 cm³/mol. The van der Waals surface area contributed by atoms with Crippen LogP contribution in [0.15, 0.2) is 176 Å². The predicted octanol–water partition coefficient (Wildman–Crippen LogP) is 12.1. The molecule has 6 heteroatoms. The molecule has 0 amide bonds. The van der Waals surface area contributed by atoms with Crippen molar-refractivity contribution < 1.29 is 44.1 Å². The SMILES string of the molecule is [2H]c1c([2H])c([2H])c(-c2cccc(-c3c([2H])c([2H])c([2H])c([2H])c3[2H])c2-[n+]2[c-]n(-c3[c-]c(Oc4[c-]c5c(cc4)c4ccccc4n5-c4cc(CC(C)C)ccn4)ccc3)c3ccccc32)c([2H])c1[2H].[Pt]. The summed E-state index contributed by atoms with van der Waals surface area (Å²) in [6.45, 7) is 4.38. The fourth-order valence-electron chi connectivity index (χ4n) is 7.46. The monoisotopic (exact) mass is 939 g/mol. The third-order valence-corrected chi connectivity index (χ3v) is 9.82. The van der Waals surface area contributed by atoms with E-state index in [9.17, 15) is 0 Å². The molecule has 0 fully saturated rings. The van der Waals surface area contributed by atoms with Gasteiger partial charge in [-0.15, -0.1) is 29.7 Å². The third-order valence-electron chi connectivity index (χ3n) is 9.82. The van der Waals surface area contributed by atoms with Crippen LogP contribution in [0.1, 0.15) is 33.1 Å². The number of benzene rings is 7. The van der Waals surface area contributed by atoms with Crippen molar-refractivity contribution in [2.24, 2.45) is 5.92 Å². The molecule has 10 rings (SSSR count). The maximum atomic E-state index is 8.98. The molecule has 0 saturated heterocycles. The Morgan fingerprint density at radius 2 is 1.36 bits per heavy atom. The number of hydrogen-bond acceptors (Lipinski definition) is 2. The Labute approximate surface area is 366 Å². The number of rotatable bonds is 9. The average Bonchev–Trinajstić information content (AvgIpc) is 3.87. The molecule has 3 aromatic heterocycles. The second-order valence-corrected chi connectivity index (χ2v) is 14.0. The van der Waals surface area contributed by atoms with Crippen LogP contribution >= 0.6 is 0 Å². The van der Waals surface area contributed by atoms with Gasteiger partial charge in [0.05, 0.1) is 30.4 Å². The molecule has 0 spiro atoms. The second kappa shape index (κ2) is 15.8. The van der Waals surface area contributed by atoms with E-state index in [4.69, 9.17) is 23.4 Å². The molecule has 7 aromatic carbocycles. The van der Waals surface area contributed by atoms with Crippen LogP contribution in [-0.4, -0.2) is 14.1 Å².